The van der Waals surface area contributed by atoms with Crippen LogP contribution < -0.4 is 21.3 Å². The van der Waals surface area contributed by atoms with Crippen molar-refractivity contribution in [3.63, 3.8) is 0 Å². The van der Waals surface area contributed by atoms with Gasteiger partial charge in [-0.3, -0.25) is 4.90 Å². The van der Waals surface area contributed by atoms with E-state index in [9.17, 15) is 4.79 Å². The number of amides is 1. The molecule has 0 saturated carbocycles. The number of hydrogen-bond donors (Lipinski definition) is 3. The third kappa shape index (κ3) is 4.72. The molecule has 0 bridgehead atoms. The van der Waals surface area contributed by atoms with Crippen LogP contribution in [0.4, 0.5) is 33.8 Å². The maximum atomic E-state index is 12.2. The quantitative estimate of drug-likeness (QED) is 0.503. The van der Waals surface area contributed by atoms with Crippen molar-refractivity contribution in [2.24, 2.45) is 5.92 Å². The highest BCUT2D eigenvalue weighted by molar-refractivity contribution is 5.89. The lowest BCUT2D eigenvalue weighted by atomic mass is 10.0. The first-order valence-corrected chi connectivity index (χ1v) is 10.5. The number of nitrogens with two attached hydrogens (primary N) is 1. The zero-order chi connectivity index (χ0) is 22.7. The van der Waals surface area contributed by atoms with Gasteiger partial charge in [-0.25, -0.2) is 14.8 Å². The van der Waals surface area contributed by atoms with Gasteiger partial charge < -0.3 is 21.1 Å². The van der Waals surface area contributed by atoms with Gasteiger partial charge in [-0.2, -0.15) is 4.98 Å². The van der Waals surface area contributed by atoms with Crippen molar-refractivity contribution in [2.45, 2.75) is 32.9 Å². The number of carbonyl (C=O) groups is 1. The lowest BCUT2D eigenvalue weighted by Crippen LogP contribution is -2.37. The predicted molar refractivity (Wildman–Crippen MR) is 125 cm³/mol. The van der Waals surface area contributed by atoms with Gasteiger partial charge in [0.2, 0.25) is 5.95 Å². The van der Waals surface area contributed by atoms with Crippen LogP contribution in [-0.2, 0) is 4.74 Å². The Morgan fingerprint density at radius 3 is 2.56 bits per heavy atom. The number of pyridine rings is 1. The van der Waals surface area contributed by atoms with E-state index in [2.05, 4.69) is 39.4 Å². The first-order valence-electron chi connectivity index (χ1n) is 10.5. The number of aromatic nitrogens is 3. The van der Waals surface area contributed by atoms with Crippen LogP contribution in [0.2, 0.25) is 0 Å². The van der Waals surface area contributed by atoms with Gasteiger partial charge in [0.25, 0.3) is 0 Å². The molecule has 4 rings (SSSR count). The van der Waals surface area contributed by atoms with Crippen LogP contribution in [0.15, 0.2) is 54.9 Å². The van der Waals surface area contributed by atoms with Crippen LogP contribution in [0.1, 0.15) is 32.4 Å². The highest BCUT2D eigenvalue weighted by Crippen LogP contribution is 2.27. The zero-order valence-corrected chi connectivity index (χ0v) is 18.3. The monoisotopic (exact) mass is 433 g/mol. The predicted octanol–water partition coefficient (Wildman–Crippen LogP) is 4.35. The number of cyclic esters (lactones) is 1. The third-order valence-corrected chi connectivity index (χ3v) is 5.38. The molecule has 0 aliphatic carbocycles. The topological polar surface area (TPSA) is 118 Å². The molecule has 1 aliphatic rings. The molecule has 1 aromatic carbocycles. The average Bonchev–Trinajstić information content (AvgIpc) is 3.18. The number of nitrogens with zero attached hydrogens (tertiary/aromatic N) is 4. The summed E-state index contributed by atoms with van der Waals surface area (Å²) in [6, 6.07) is 13.3. The SMILES string of the molecule is CC(C)C1COC(=O)N1c1ccnc(N[C@@H](C)c2ccc(Nc3ccc(N)cn3)cc2)n1. The molecule has 32 heavy (non-hydrogen) atoms. The second-order valence-electron chi connectivity index (χ2n) is 8.09. The van der Waals surface area contributed by atoms with Crippen molar-refractivity contribution in [2.75, 3.05) is 27.9 Å². The van der Waals surface area contributed by atoms with Gasteiger partial charge in [-0.15, -0.1) is 0 Å². The Kier molecular flexibility index (Phi) is 6.07. The largest absolute Gasteiger partial charge is 0.447 e. The number of carbonyl (C=O) groups excluding carboxylic acids is 1. The van der Waals surface area contributed by atoms with Crippen LogP contribution in [0.25, 0.3) is 0 Å². The first kappa shape index (κ1) is 21.4. The fourth-order valence-corrected chi connectivity index (χ4v) is 3.50. The first-order chi connectivity index (χ1) is 15.4. The summed E-state index contributed by atoms with van der Waals surface area (Å²) < 4.78 is 5.23. The van der Waals surface area contributed by atoms with Gasteiger partial charge in [0.05, 0.1) is 24.0 Å². The number of hydrogen-bond acceptors (Lipinski definition) is 8. The van der Waals surface area contributed by atoms with E-state index in [4.69, 9.17) is 10.5 Å². The van der Waals surface area contributed by atoms with E-state index in [1.807, 2.05) is 37.3 Å². The van der Waals surface area contributed by atoms with E-state index in [1.54, 1.807) is 29.4 Å². The molecule has 2 atom stereocenters. The lowest BCUT2D eigenvalue weighted by Gasteiger charge is -2.23. The average molecular weight is 434 g/mol. The summed E-state index contributed by atoms with van der Waals surface area (Å²) in [5.74, 6) is 1.96. The fraction of sp³-hybridized carbons (Fsp3) is 0.304. The molecule has 3 heterocycles. The minimum absolute atomic E-state index is 0.0413. The van der Waals surface area contributed by atoms with Gasteiger partial charge >= 0.3 is 6.09 Å². The van der Waals surface area contributed by atoms with Gasteiger partial charge in [0.1, 0.15) is 18.2 Å². The highest BCUT2D eigenvalue weighted by Gasteiger charge is 2.37. The molecule has 9 heteroatoms. The van der Waals surface area contributed by atoms with Crippen molar-refractivity contribution in [3.8, 4) is 0 Å². The Hall–Kier alpha value is -3.88. The minimum Gasteiger partial charge on any atom is -0.447 e. The second kappa shape index (κ2) is 9.09. The molecule has 1 unspecified atom stereocenters. The number of rotatable bonds is 7. The smallest absolute Gasteiger partial charge is 0.415 e. The van der Waals surface area contributed by atoms with Crippen LogP contribution >= 0.6 is 0 Å². The fourth-order valence-electron chi connectivity index (χ4n) is 3.50. The molecule has 166 valence electrons. The van der Waals surface area contributed by atoms with Crippen LogP contribution in [0, 0.1) is 5.92 Å². The molecule has 2 aromatic heterocycles. The number of anilines is 5. The van der Waals surface area contributed by atoms with E-state index in [-0.39, 0.29) is 24.1 Å². The standard InChI is InChI=1S/C23H27N7O2/c1-14(2)19-13-32-23(31)30(19)21-10-11-25-22(29-21)27-15(3)16-4-7-18(8-5-16)28-20-9-6-17(24)12-26-20/h4-12,14-15,19H,13,24H2,1-3H3,(H,26,28)(H,25,27,29)/t15-,19?/m0/s1. The van der Waals surface area contributed by atoms with Crippen LogP contribution in [-0.4, -0.2) is 33.7 Å². The molecule has 0 radical (unpaired) electrons. The van der Waals surface area contributed by atoms with Gasteiger partial charge in [-0.1, -0.05) is 26.0 Å². The Morgan fingerprint density at radius 1 is 1.09 bits per heavy atom. The van der Waals surface area contributed by atoms with E-state index >= 15 is 0 Å². The Balaban J connectivity index is 1.43. The maximum absolute atomic E-state index is 12.2. The number of ether oxygens (including phenoxy) is 1. The third-order valence-electron chi connectivity index (χ3n) is 5.38. The zero-order valence-electron chi connectivity index (χ0n) is 18.3. The highest BCUT2D eigenvalue weighted by atomic mass is 16.6. The summed E-state index contributed by atoms with van der Waals surface area (Å²) in [6.07, 6.45) is 2.88. The normalized spacial score (nSPS) is 16.7. The number of nitrogen functional groups attached to an aromatic ring is 1. The summed E-state index contributed by atoms with van der Waals surface area (Å²) >= 11 is 0. The van der Waals surface area contributed by atoms with E-state index in [0.717, 1.165) is 17.1 Å². The second-order valence-corrected chi connectivity index (χ2v) is 8.09. The van der Waals surface area contributed by atoms with Crippen LogP contribution in [0.5, 0.6) is 0 Å². The summed E-state index contributed by atoms with van der Waals surface area (Å²) in [5.41, 5.74) is 8.28. The minimum atomic E-state index is -0.375. The molecule has 1 saturated heterocycles. The summed E-state index contributed by atoms with van der Waals surface area (Å²) in [5, 5.41) is 6.55. The number of nitrogens with one attached hydrogen (secondary N) is 2. The lowest BCUT2D eigenvalue weighted by molar-refractivity contribution is 0.177. The van der Waals surface area contributed by atoms with Crippen LogP contribution in [0.3, 0.4) is 0 Å². The summed E-state index contributed by atoms with van der Waals surface area (Å²) in [6.45, 7) is 6.51. The summed E-state index contributed by atoms with van der Waals surface area (Å²) in [4.78, 5) is 27.0. The molecular weight excluding hydrogens is 406 g/mol. The number of benzene rings is 1. The van der Waals surface area contributed by atoms with E-state index < -0.39 is 0 Å². The van der Waals surface area contributed by atoms with Crippen molar-refractivity contribution in [1.29, 1.82) is 0 Å². The van der Waals surface area contributed by atoms with E-state index in [1.165, 1.54) is 0 Å². The molecule has 1 fully saturated rings. The van der Waals surface area contributed by atoms with Crippen molar-refractivity contribution in [3.05, 3.63) is 60.4 Å². The molecule has 3 aromatic rings. The van der Waals surface area contributed by atoms with Gasteiger partial charge in [-0.05, 0) is 48.7 Å². The van der Waals surface area contributed by atoms with Crippen molar-refractivity contribution in [1.82, 2.24) is 15.0 Å². The molecular formula is C23H27N7O2. The van der Waals surface area contributed by atoms with Gasteiger partial charge in [0.15, 0.2) is 0 Å². The Morgan fingerprint density at radius 2 is 1.88 bits per heavy atom. The van der Waals surface area contributed by atoms with E-state index in [0.29, 0.717) is 24.1 Å². The molecule has 1 aliphatic heterocycles. The molecule has 4 N–H and O–H groups in total. The Labute approximate surface area is 187 Å². The maximum Gasteiger partial charge on any atom is 0.415 e. The molecule has 0 spiro atoms. The van der Waals surface area contributed by atoms with Gasteiger partial charge in [0, 0.05) is 11.9 Å². The van der Waals surface area contributed by atoms with Crippen molar-refractivity contribution < 1.29 is 9.53 Å². The van der Waals surface area contributed by atoms with Crippen molar-refractivity contribution >= 4 is 35.1 Å². The molecule has 9 nitrogen and oxygen atoms in total. The Bertz CT molecular complexity index is 1070. The molecule has 1 amide bonds. The summed E-state index contributed by atoms with van der Waals surface area (Å²) in [7, 11) is 0.